The van der Waals surface area contributed by atoms with E-state index in [-0.39, 0.29) is 0 Å². The largest absolute Gasteiger partial charge is 0.310 e. The first kappa shape index (κ1) is 17.0. The van der Waals surface area contributed by atoms with Gasteiger partial charge in [0, 0.05) is 17.7 Å². The third-order valence-electron chi connectivity index (χ3n) is 5.16. The molecule has 27 heavy (non-hydrogen) atoms. The van der Waals surface area contributed by atoms with Gasteiger partial charge in [0.1, 0.15) is 0 Å². The van der Waals surface area contributed by atoms with Crippen molar-refractivity contribution in [3.63, 3.8) is 0 Å². The van der Waals surface area contributed by atoms with Gasteiger partial charge in [0.2, 0.25) is 0 Å². The molecule has 1 nitrogen and oxygen atoms in total. The van der Waals surface area contributed by atoms with Crippen LogP contribution in [0.25, 0.3) is 35.0 Å². The van der Waals surface area contributed by atoms with Gasteiger partial charge in [-0.3, -0.25) is 0 Å². The Bertz CT molecular complexity index is 1230. The van der Waals surface area contributed by atoms with Gasteiger partial charge in [-0.05, 0) is 62.4 Å². The van der Waals surface area contributed by atoms with E-state index in [4.69, 9.17) is 0 Å². The van der Waals surface area contributed by atoms with E-state index in [1.54, 1.807) is 0 Å². The van der Waals surface area contributed by atoms with Gasteiger partial charge in [-0.2, -0.15) is 0 Å². The normalized spacial score (nSPS) is 15.0. The van der Waals surface area contributed by atoms with Gasteiger partial charge in [-0.15, -0.1) is 0 Å². The summed E-state index contributed by atoms with van der Waals surface area (Å²) in [6.45, 7) is 0. The molecule has 0 radical (unpaired) electrons. The van der Waals surface area contributed by atoms with Crippen LogP contribution in [0.15, 0.2) is 69.6 Å². The van der Waals surface area contributed by atoms with Crippen LogP contribution in [-0.2, 0) is 6.42 Å². The Morgan fingerprint density at radius 2 is 1.59 bits per heavy atom. The molecule has 0 saturated heterocycles. The Kier molecular flexibility index (Phi) is 4.30. The third-order valence-corrected chi connectivity index (χ3v) is 6.26. The standard InChI is InChI=1S/C24H17Br2N/c25-18-9-11-23-21(14-18)22-15-19(26)10-12-24(22)27(23)20-8-4-7-17(13-20)16-5-2-1-3-6-16/h1-9,11-13,15H,10,14H2. The summed E-state index contributed by atoms with van der Waals surface area (Å²) in [4.78, 5) is 0. The summed E-state index contributed by atoms with van der Waals surface area (Å²) in [5, 5.41) is 2.57. The summed E-state index contributed by atoms with van der Waals surface area (Å²) < 4.78 is 4.87. The number of nitrogens with zero attached hydrogens (tertiary/aromatic N) is 1. The summed E-state index contributed by atoms with van der Waals surface area (Å²) in [6.07, 6.45) is 10.9. The zero-order chi connectivity index (χ0) is 18.4. The summed E-state index contributed by atoms with van der Waals surface area (Å²) in [7, 11) is 0. The number of halogens is 2. The second-order valence-electron chi connectivity index (χ2n) is 6.87. The molecule has 0 bridgehead atoms. The second kappa shape index (κ2) is 6.81. The lowest BCUT2D eigenvalue weighted by Gasteiger charge is -2.11. The smallest absolute Gasteiger partial charge is 0.0504 e. The number of fused-ring (bicyclic) bond motifs is 3. The van der Waals surface area contributed by atoms with Crippen molar-refractivity contribution in [3.05, 3.63) is 91.5 Å². The Balaban J connectivity index is 1.78. The molecular formula is C24H17Br2N. The molecule has 0 fully saturated rings. The molecule has 0 unspecified atom stereocenters. The highest BCUT2D eigenvalue weighted by atomic mass is 79.9. The Labute approximate surface area is 175 Å². The Morgan fingerprint density at radius 3 is 2.44 bits per heavy atom. The summed E-state index contributed by atoms with van der Waals surface area (Å²) in [5.74, 6) is 0. The Morgan fingerprint density at radius 1 is 0.778 bits per heavy atom. The van der Waals surface area contributed by atoms with E-state index >= 15 is 0 Å². The predicted octanol–water partition coefficient (Wildman–Crippen LogP) is 5.68. The van der Waals surface area contributed by atoms with Crippen molar-refractivity contribution in [2.75, 3.05) is 0 Å². The minimum atomic E-state index is 0.933. The molecule has 0 atom stereocenters. The maximum Gasteiger partial charge on any atom is 0.0504 e. The first-order chi connectivity index (χ1) is 13.2. The molecule has 1 heterocycles. The highest BCUT2D eigenvalue weighted by Gasteiger charge is 2.19. The van der Waals surface area contributed by atoms with Crippen LogP contribution in [0.3, 0.4) is 0 Å². The van der Waals surface area contributed by atoms with E-state index in [0.29, 0.717) is 0 Å². The first-order valence-electron chi connectivity index (χ1n) is 9.03. The molecule has 0 spiro atoms. The van der Waals surface area contributed by atoms with E-state index < -0.39 is 0 Å². The van der Waals surface area contributed by atoms with E-state index in [1.807, 2.05) is 0 Å². The van der Waals surface area contributed by atoms with Crippen LogP contribution in [0.1, 0.15) is 17.5 Å². The van der Waals surface area contributed by atoms with Gasteiger partial charge >= 0.3 is 0 Å². The number of rotatable bonds is 2. The molecule has 3 aromatic rings. The average Bonchev–Trinajstić information content (AvgIpc) is 3.02. The molecule has 1 aromatic heterocycles. The molecule has 132 valence electrons. The van der Waals surface area contributed by atoms with Gasteiger partial charge in [0.25, 0.3) is 0 Å². The molecule has 0 amide bonds. The van der Waals surface area contributed by atoms with Gasteiger partial charge in [-0.1, -0.05) is 80.4 Å². The first-order valence-corrected chi connectivity index (χ1v) is 10.6. The Hall–Kier alpha value is -2.10. The SMILES string of the molecule is BrC1=Cc2c3c(n(-c4cccc(-c5ccccc5)c4)c2=CC1)=CC=C(Br)C3. The van der Waals surface area contributed by atoms with E-state index in [2.05, 4.69) is 115 Å². The summed E-state index contributed by atoms with van der Waals surface area (Å²) in [6, 6.07) is 19.4. The zero-order valence-corrected chi connectivity index (χ0v) is 17.8. The lowest BCUT2D eigenvalue weighted by Crippen LogP contribution is -2.27. The monoisotopic (exact) mass is 477 g/mol. The van der Waals surface area contributed by atoms with Crippen molar-refractivity contribution in [3.8, 4) is 16.8 Å². The highest BCUT2D eigenvalue weighted by molar-refractivity contribution is 9.12. The van der Waals surface area contributed by atoms with Crippen LogP contribution in [-0.4, -0.2) is 4.57 Å². The molecule has 5 rings (SSSR count). The minimum Gasteiger partial charge on any atom is -0.310 e. The zero-order valence-electron chi connectivity index (χ0n) is 14.6. The van der Waals surface area contributed by atoms with E-state index in [9.17, 15) is 0 Å². The van der Waals surface area contributed by atoms with Crippen LogP contribution in [0.5, 0.6) is 0 Å². The molecule has 0 saturated carbocycles. The van der Waals surface area contributed by atoms with Crippen molar-refractivity contribution in [1.29, 1.82) is 0 Å². The van der Waals surface area contributed by atoms with Crippen LogP contribution in [0.4, 0.5) is 0 Å². The molecule has 0 aliphatic heterocycles. The van der Waals surface area contributed by atoms with Crippen LogP contribution in [0.2, 0.25) is 0 Å². The van der Waals surface area contributed by atoms with Crippen molar-refractivity contribution in [1.82, 2.24) is 4.57 Å². The topological polar surface area (TPSA) is 4.93 Å². The van der Waals surface area contributed by atoms with Crippen molar-refractivity contribution in [2.45, 2.75) is 12.8 Å². The lowest BCUT2D eigenvalue weighted by molar-refractivity contribution is 0.976. The minimum absolute atomic E-state index is 0.933. The van der Waals surface area contributed by atoms with Crippen molar-refractivity contribution in [2.24, 2.45) is 0 Å². The fourth-order valence-corrected chi connectivity index (χ4v) is 4.74. The molecule has 2 aliphatic carbocycles. The van der Waals surface area contributed by atoms with E-state index in [1.165, 1.54) is 47.6 Å². The number of benzene rings is 2. The van der Waals surface area contributed by atoms with Gasteiger partial charge in [0.15, 0.2) is 0 Å². The second-order valence-corrected chi connectivity index (χ2v) is 8.91. The molecule has 2 aliphatic rings. The molecule has 3 heteroatoms. The number of allylic oxidation sites excluding steroid dienone is 3. The predicted molar refractivity (Wildman–Crippen MR) is 122 cm³/mol. The van der Waals surface area contributed by atoms with Crippen LogP contribution < -0.4 is 10.7 Å². The highest BCUT2D eigenvalue weighted by Crippen LogP contribution is 2.26. The lowest BCUT2D eigenvalue weighted by atomic mass is 10.0. The quantitative estimate of drug-likeness (QED) is 0.446. The maximum absolute atomic E-state index is 3.69. The molecule has 2 aromatic carbocycles. The van der Waals surface area contributed by atoms with Crippen molar-refractivity contribution < 1.29 is 0 Å². The molecule has 0 N–H and O–H groups in total. The van der Waals surface area contributed by atoms with E-state index in [0.717, 1.165) is 12.8 Å². The number of hydrogen-bond acceptors (Lipinski definition) is 0. The number of hydrogen-bond donors (Lipinski definition) is 0. The number of aromatic nitrogens is 1. The fourth-order valence-electron chi connectivity index (χ4n) is 3.94. The summed E-state index contributed by atoms with van der Waals surface area (Å²) in [5.41, 5.74) is 6.41. The van der Waals surface area contributed by atoms with Crippen LogP contribution in [0, 0.1) is 0 Å². The average molecular weight is 479 g/mol. The van der Waals surface area contributed by atoms with Gasteiger partial charge in [0.05, 0.1) is 10.7 Å². The molecular weight excluding hydrogens is 462 g/mol. The van der Waals surface area contributed by atoms with Crippen molar-refractivity contribution >= 4 is 50.1 Å². The van der Waals surface area contributed by atoms with Gasteiger partial charge in [-0.25, -0.2) is 0 Å². The van der Waals surface area contributed by atoms with Crippen LogP contribution >= 0.6 is 31.9 Å². The van der Waals surface area contributed by atoms with Gasteiger partial charge < -0.3 is 4.57 Å². The summed E-state index contributed by atoms with van der Waals surface area (Å²) >= 11 is 7.38. The fraction of sp³-hybridized carbons (Fsp3) is 0.0833. The maximum atomic E-state index is 3.69. The third kappa shape index (κ3) is 2.99.